The van der Waals surface area contributed by atoms with E-state index >= 15 is 0 Å². The van der Waals surface area contributed by atoms with Crippen molar-refractivity contribution in [1.82, 2.24) is 9.80 Å². The van der Waals surface area contributed by atoms with E-state index in [0.717, 1.165) is 12.0 Å². The highest BCUT2D eigenvalue weighted by Gasteiger charge is 2.34. The molecule has 1 aliphatic heterocycles. The number of hydrogen-bond donors (Lipinski definition) is 0. The first kappa shape index (κ1) is 24.1. The first-order valence-corrected chi connectivity index (χ1v) is 11.7. The van der Waals surface area contributed by atoms with Crippen LogP contribution in [-0.4, -0.2) is 68.7 Å². The minimum absolute atomic E-state index is 0.0327. The van der Waals surface area contributed by atoms with Gasteiger partial charge in [0.2, 0.25) is 11.8 Å². The number of fused-ring (bicyclic) bond motifs is 1. The van der Waals surface area contributed by atoms with E-state index in [0.29, 0.717) is 37.8 Å². The van der Waals surface area contributed by atoms with Gasteiger partial charge in [-0.1, -0.05) is 26.0 Å². The van der Waals surface area contributed by atoms with Crippen molar-refractivity contribution < 1.29 is 23.8 Å². The van der Waals surface area contributed by atoms with E-state index in [4.69, 9.17) is 14.2 Å². The van der Waals surface area contributed by atoms with Gasteiger partial charge in [-0.25, -0.2) is 0 Å². The zero-order chi connectivity index (χ0) is 23.1. The summed E-state index contributed by atoms with van der Waals surface area (Å²) in [5, 5.41) is 2.06. The number of carbonyl (C=O) groups excluding carboxylic acids is 2. The number of nitrogens with zero attached hydrogens (tertiary/aromatic N) is 2. The number of rotatable bonds is 10. The van der Waals surface area contributed by atoms with Crippen LogP contribution in [0.3, 0.4) is 0 Å². The Bertz CT molecular complexity index is 913. The molecule has 1 unspecified atom stereocenters. The lowest BCUT2D eigenvalue weighted by Gasteiger charge is -2.37. The van der Waals surface area contributed by atoms with Crippen LogP contribution in [0.25, 0.3) is 0 Å². The van der Waals surface area contributed by atoms with Crippen LogP contribution < -0.4 is 9.47 Å². The molecule has 1 atom stereocenters. The second-order valence-corrected chi connectivity index (χ2v) is 9.02. The van der Waals surface area contributed by atoms with Crippen molar-refractivity contribution in [1.29, 1.82) is 0 Å². The van der Waals surface area contributed by atoms with Crippen LogP contribution in [-0.2, 0) is 20.7 Å². The van der Waals surface area contributed by atoms with E-state index in [1.165, 1.54) is 4.88 Å². The minimum atomic E-state index is -0.221. The highest BCUT2D eigenvalue weighted by Crippen LogP contribution is 2.35. The third-order valence-corrected chi connectivity index (χ3v) is 6.57. The molecule has 7 nitrogen and oxygen atoms in total. The maximum Gasteiger partial charge on any atom is 0.242 e. The zero-order valence-electron chi connectivity index (χ0n) is 19.2. The summed E-state index contributed by atoms with van der Waals surface area (Å²) in [4.78, 5) is 30.8. The van der Waals surface area contributed by atoms with Crippen molar-refractivity contribution in [3.8, 4) is 11.5 Å². The Balaban J connectivity index is 1.78. The monoisotopic (exact) mass is 460 g/mol. The fourth-order valence-electron chi connectivity index (χ4n) is 3.87. The molecule has 0 saturated heterocycles. The summed E-state index contributed by atoms with van der Waals surface area (Å²) < 4.78 is 16.7. The third-order valence-electron chi connectivity index (χ3n) is 5.58. The summed E-state index contributed by atoms with van der Waals surface area (Å²) in [6, 6.07) is 9.33. The number of carbonyl (C=O) groups is 2. The lowest BCUT2D eigenvalue weighted by molar-refractivity contribution is -0.144. The Morgan fingerprint density at radius 3 is 2.62 bits per heavy atom. The molecule has 2 aromatic rings. The van der Waals surface area contributed by atoms with Crippen molar-refractivity contribution in [2.75, 3.05) is 47.1 Å². The molecule has 174 valence electrons. The van der Waals surface area contributed by atoms with Crippen LogP contribution in [0.1, 0.15) is 30.3 Å². The van der Waals surface area contributed by atoms with Gasteiger partial charge in [0, 0.05) is 31.0 Å². The summed E-state index contributed by atoms with van der Waals surface area (Å²) >= 11 is 1.71. The van der Waals surface area contributed by atoms with E-state index in [1.807, 2.05) is 43.0 Å². The topological polar surface area (TPSA) is 68.3 Å². The molecule has 2 amide bonds. The van der Waals surface area contributed by atoms with Crippen LogP contribution in [0.2, 0.25) is 0 Å². The molecule has 1 aromatic carbocycles. The summed E-state index contributed by atoms with van der Waals surface area (Å²) in [6.45, 7) is 5.40. The van der Waals surface area contributed by atoms with E-state index in [2.05, 4.69) is 11.4 Å². The van der Waals surface area contributed by atoms with Gasteiger partial charge in [-0.05, 0) is 35.6 Å². The van der Waals surface area contributed by atoms with Crippen LogP contribution in [0.4, 0.5) is 0 Å². The SMILES string of the molecule is COCCN(CC(=O)N1CCc2sccc2C1COc1ccccc1OC)C(=O)C(C)C. The lowest BCUT2D eigenvalue weighted by Crippen LogP contribution is -2.49. The Kier molecular flexibility index (Phi) is 8.53. The van der Waals surface area contributed by atoms with Gasteiger partial charge in [-0.15, -0.1) is 11.3 Å². The maximum atomic E-state index is 13.4. The van der Waals surface area contributed by atoms with Crippen LogP contribution in [0.5, 0.6) is 11.5 Å². The van der Waals surface area contributed by atoms with Gasteiger partial charge >= 0.3 is 0 Å². The van der Waals surface area contributed by atoms with Crippen molar-refractivity contribution in [2.24, 2.45) is 5.92 Å². The van der Waals surface area contributed by atoms with Gasteiger partial charge in [0.05, 0.1) is 26.3 Å². The largest absolute Gasteiger partial charge is 0.493 e. The number of hydrogen-bond acceptors (Lipinski definition) is 6. The van der Waals surface area contributed by atoms with Crippen molar-refractivity contribution in [2.45, 2.75) is 26.3 Å². The second-order valence-electron chi connectivity index (χ2n) is 8.02. The Morgan fingerprint density at radius 1 is 1.19 bits per heavy atom. The number of benzene rings is 1. The van der Waals surface area contributed by atoms with Crippen molar-refractivity contribution in [3.05, 3.63) is 46.2 Å². The normalized spacial score (nSPS) is 15.4. The van der Waals surface area contributed by atoms with Crippen molar-refractivity contribution >= 4 is 23.2 Å². The molecule has 8 heteroatoms. The summed E-state index contributed by atoms with van der Waals surface area (Å²) in [6.07, 6.45) is 0.806. The number of methoxy groups -OCH3 is 2. The molecule has 0 spiro atoms. The predicted molar refractivity (Wildman–Crippen MR) is 124 cm³/mol. The van der Waals surface area contributed by atoms with Gasteiger partial charge in [0.1, 0.15) is 6.61 Å². The molecule has 3 rings (SSSR count). The van der Waals surface area contributed by atoms with E-state index in [1.54, 1.807) is 30.5 Å². The first-order valence-electron chi connectivity index (χ1n) is 10.9. The highest BCUT2D eigenvalue weighted by molar-refractivity contribution is 7.10. The van der Waals surface area contributed by atoms with E-state index in [9.17, 15) is 9.59 Å². The Labute approximate surface area is 193 Å². The summed E-state index contributed by atoms with van der Waals surface area (Å²) in [5.41, 5.74) is 1.11. The van der Waals surface area contributed by atoms with Crippen molar-refractivity contribution in [3.63, 3.8) is 0 Å². The van der Waals surface area contributed by atoms with Gasteiger partial charge < -0.3 is 24.0 Å². The number of ether oxygens (including phenoxy) is 3. The molecule has 0 bridgehead atoms. The highest BCUT2D eigenvalue weighted by atomic mass is 32.1. The average Bonchev–Trinajstić information content (AvgIpc) is 3.28. The molecule has 0 saturated carbocycles. The lowest BCUT2D eigenvalue weighted by atomic mass is 10.00. The number of para-hydroxylation sites is 2. The second kappa shape index (κ2) is 11.3. The van der Waals surface area contributed by atoms with Gasteiger partial charge in [0.25, 0.3) is 0 Å². The zero-order valence-corrected chi connectivity index (χ0v) is 20.0. The third kappa shape index (κ3) is 5.61. The average molecular weight is 461 g/mol. The Morgan fingerprint density at radius 2 is 1.94 bits per heavy atom. The molecular formula is C24H32N2O5S. The molecule has 32 heavy (non-hydrogen) atoms. The standard InChI is InChI=1S/C24H32N2O5S/c1-17(2)24(28)25(12-13-29-3)15-23(27)26-11-9-22-18(10-14-32-22)19(26)16-31-21-8-6-5-7-20(21)30-4/h5-8,10,14,17,19H,9,11-13,15-16H2,1-4H3. The molecule has 0 fully saturated rings. The number of amides is 2. The van der Waals surface area contributed by atoms with Crippen LogP contribution in [0.15, 0.2) is 35.7 Å². The maximum absolute atomic E-state index is 13.4. The van der Waals surface area contributed by atoms with Gasteiger partial charge in [0.15, 0.2) is 11.5 Å². The predicted octanol–water partition coefficient (Wildman–Crippen LogP) is 3.39. The quantitative estimate of drug-likeness (QED) is 0.544. The summed E-state index contributed by atoms with van der Waals surface area (Å²) in [5.74, 6) is 0.974. The van der Waals surface area contributed by atoms with Gasteiger partial charge in [-0.2, -0.15) is 0 Å². The molecule has 1 aliphatic rings. The first-order chi connectivity index (χ1) is 15.5. The Hall–Kier alpha value is -2.58. The molecule has 1 aromatic heterocycles. The van der Waals surface area contributed by atoms with Crippen LogP contribution >= 0.6 is 11.3 Å². The summed E-state index contributed by atoms with van der Waals surface area (Å²) in [7, 11) is 3.20. The molecule has 2 heterocycles. The fraction of sp³-hybridized carbons (Fsp3) is 0.500. The smallest absolute Gasteiger partial charge is 0.242 e. The molecular weight excluding hydrogens is 428 g/mol. The molecule has 0 N–H and O–H groups in total. The molecule has 0 aliphatic carbocycles. The molecule has 0 radical (unpaired) electrons. The van der Waals surface area contributed by atoms with Crippen LogP contribution in [0, 0.1) is 5.92 Å². The number of thiophene rings is 1. The van der Waals surface area contributed by atoms with Gasteiger partial charge in [-0.3, -0.25) is 9.59 Å². The fourth-order valence-corrected chi connectivity index (χ4v) is 4.80. The minimum Gasteiger partial charge on any atom is -0.493 e. The van der Waals surface area contributed by atoms with E-state index < -0.39 is 0 Å². The van der Waals surface area contributed by atoms with E-state index in [-0.39, 0.29) is 30.3 Å².